The molecule has 1 unspecified atom stereocenters. The van der Waals surface area contributed by atoms with Crippen LogP contribution in [0.15, 0.2) is 18.2 Å². The molecule has 96 valence electrons. The van der Waals surface area contributed by atoms with E-state index in [2.05, 4.69) is 0 Å². The Morgan fingerprint density at radius 3 is 2.28 bits per heavy atom. The third-order valence-corrected chi connectivity index (χ3v) is 3.64. The zero-order valence-electron chi connectivity index (χ0n) is 11.0. The third-order valence-electron chi connectivity index (χ3n) is 3.64. The predicted octanol–water partition coefficient (Wildman–Crippen LogP) is 1.75. The van der Waals surface area contributed by atoms with Crippen molar-refractivity contribution in [3.05, 3.63) is 34.9 Å². The average Bonchev–Trinajstić information content (AvgIpc) is 2.51. The molecule has 1 heterocycles. The smallest absolute Gasteiger partial charge is 0.262 e. The number of aryl methyl sites for hydroxylation is 1. The molecule has 0 fully saturated rings. The summed E-state index contributed by atoms with van der Waals surface area (Å²) in [5, 5.41) is 9.76. The maximum absolute atomic E-state index is 12.3. The molecule has 0 radical (unpaired) electrons. The van der Waals surface area contributed by atoms with Gasteiger partial charge in [-0.25, -0.2) is 0 Å². The van der Waals surface area contributed by atoms with Gasteiger partial charge in [-0.05, 0) is 39.8 Å². The lowest BCUT2D eigenvalue weighted by molar-refractivity contribution is 0.0104. The monoisotopic (exact) mass is 247 g/mol. The highest BCUT2D eigenvalue weighted by Gasteiger charge is 2.46. The number of carbonyl (C=O) groups is 2. The van der Waals surface area contributed by atoms with Gasteiger partial charge in [-0.1, -0.05) is 11.6 Å². The van der Waals surface area contributed by atoms with Crippen LogP contribution in [0, 0.1) is 6.92 Å². The first-order chi connectivity index (χ1) is 8.26. The molecule has 1 aromatic carbocycles. The van der Waals surface area contributed by atoms with Crippen molar-refractivity contribution in [2.75, 3.05) is 0 Å². The van der Waals surface area contributed by atoms with Crippen LogP contribution in [0.3, 0.4) is 0 Å². The van der Waals surface area contributed by atoms with E-state index in [0.29, 0.717) is 11.1 Å². The fraction of sp³-hybridized carbons (Fsp3) is 0.429. The molecule has 0 aromatic heterocycles. The van der Waals surface area contributed by atoms with Crippen molar-refractivity contribution >= 4 is 11.8 Å². The van der Waals surface area contributed by atoms with Crippen LogP contribution in [0.5, 0.6) is 0 Å². The van der Waals surface area contributed by atoms with Crippen molar-refractivity contribution in [2.24, 2.45) is 0 Å². The minimum atomic E-state index is -0.916. The van der Waals surface area contributed by atoms with Crippen LogP contribution in [-0.4, -0.2) is 33.5 Å². The van der Waals surface area contributed by atoms with E-state index < -0.39 is 11.6 Å². The highest BCUT2D eigenvalue weighted by Crippen LogP contribution is 2.31. The number of fused-ring (bicyclic) bond motifs is 1. The molecule has 4 nitrogen and oxygen atoms in total. The van der Waals surface area contributed by atoms with Gasteiger partial charge in [0.25, 0.3) is 11.8 Å². The van der Waals surface area contributed by atoms with E-state index in [1.165, 1.54) is 0 Å². The van der Waals surface area contributed by atoms with Crippen LogP contribution >= 0.6 is 0 Å². The third kappa shape index (κ3) is 1.64. The van der Waals surface area contributed by atoms with Crippen LogP contribution in [0.4, 0.5) is 0 Å². The maximum atomic E-state index is 12.3. The van der Waals surface area contributed by atoms with E-state index in [4.69, 9.17) is 0 Å². The summed E-state index contributed by atoms with van der Waals surface area (Å²) in [7, 11) is 0. The molecular weight excluding hydrogens is 230 g/mol. The van der Waals surface area contributed by atoms with E-state index >= 15 is 0 Å². The average molecular weight is 247 g/mol. The highest BCUT2D eigenvalue weighted by molar-refractivity contribution is 6.22. The fourth-order valence-electron chi connectivity index (χ4n) is 2.06. The lowest BCUT2D eigenvalue weighted by Gasteiger charge is -2.36. The van der Waals surface area contributed by atoms with Gasteiger partial charge in [0.05, 0.1) is 22.8 Å². The van der Waals surface area contributed by atoms with Gasteiger partial charge >= 0.3 is 0 Å². The highest BCUT2D eigenvalue weighted by atomic mass is 16.3. The van der Waals surface area contributed by atoms with E-state index in [0.717, 1.165) is 10.5 Å². The Balaban J connectivity index is 2.53. The van der Waals surface area contributed by atoms with Crippen molar-refractivity contribution in [1.29, 1.82) is 0 Å². The molecule has 2 amide bonds. The first-order valence-electron chi connectivity index (χ1n) is 5.94. The minimum absolute atomic E-state index is 0.329. The van der Waals surface area contributed by atoms with E-state index in [1.54, 1.807) is 32.9 Å². The van der Waals surface area contributed by atoms with E-state index in [1.807, 2.05) is 13.0 Å². The van der Waals surface area contributed by atoms with Crippen molar-refractivity contribution in [3.8, 4) is 0 Å². The molecule has 1 aromatic rings. The predicted molar refractivity (Wildman–Crippen MR) is 67.4 cm³/mol. The summed E-state index contributed by atoms with van der Waals surface area (Å²) >= 11 is 0. The van der Waals surface area contributed by atoms with Crippen LogP contribution in [-0.2, 0) is 0 Å². The Morgan fingerprint density at radius 2 is 1.72 bits per heavy atom. The number of imide groups is 1. The Labute approximate surface area is 106 Å². The van der Waals surface area contributed by atoms with Gasteiger partial charge in [-0.15, -0.1) is 0 Å². The molecule has 0 saturated heterocycles. The van der Waals surface area contributed by atoms with Crippen LogP contribution in [0.2, 0.25) is 0 Å². The molecule has 0 spiro atoms. The van der Waals surface area contributed by atoms with Crippen molar-refractivity contribution in [3.63, 3.8) is 0 Å². The number of aliphatic hydroxyl groups excluding tert-OH is 1. The van der Waals surface area contributed by atoms with Gasteiger partial charge in [0.2, 0.25) is 0 Å². The molecule has 0 saturated carbocycles. The molecule has 1 atom stereocenters. The van der Waals surface area contributed by atoms with Crippen molar-refractivity contribution in [1.82, 2.24) is 4.90 Å². The standard InChI is InChI=1S/C14H17NO3/c1-8-5-6-10-11(7-8)13(18)15(12(10)17)14(3,4)9(2)16/h5-7,9,16H,1-4H3. The van der Waals surface area contributed by atoms with Crippen molar-refractivity contribution < 1.29 is 14.7 Å². The summed E-state index contributed by atoms with van der Waals surface area (Å²) in [5.74, 6) is -0.662. The number of carbonyl (C=O) groups excluding carboxylic acids is 2. The molecule has 1 aliphatic rings. The second-order valence-electron chi connectivity index (χ2n) is 5.32. The van der Waals surface area contributed by atoms with Gasteiger partial charge in [-0.2, -0.15) is 0 Å². The van der Waals surface area contributed by atoms with Gasteiger partial charge in [0.1, 0.15) is 0 Å². The first kappa shape index (κ1) is 12.8. The molecule has 4 heteroatoms. The zero-order chi connectivity index (χ0) is 13.7. The van der Waals surface area contributed by atoms with Crippen molar-refractivity contribution in [2.45, 2.75) is 39.3 Å². The Bertz CT molecular complexity index is 532. The topological polar surface area (TPSA) is 57.6 Å². The number of benzene rings is 1. The maximum Gasteiger partial charge on any atom is 0.262 e. The largest absolute Gasteiger partial charge is 0.391 e. The first-order valence-corrected chi connectivity index (χ1v) is 5.94. The number of rotatable bonds is 2. The second-order valence-corrected chi connectivity index (χ2v) is 5.32. The molecule has 18 heavy (non-hydrogen) atoms. The number of amides is 2. The fourth-order valence-corrected chi connectivity index (χ4v) is 2.06. The number of aliphatic hydroxyl groups is 1. The summed E-state index contributed by atoms with van der Waals surface area (Å²) in [4.78, 5) is 25.7. The van der Waals surface area contributed by atoms with Crippen LogP contribution in [0.25, 0.3) is 0 Å². The zero-order valence-corrected chi connectivity index (χ0v) is 11.0. The quantitative estimate of drug-likeness (QED) is 0.810. The number of nitrogens with zero attached hydrogens (tertiary/aromatic N) is 1. The van der Waals surface area contributed by atoms with E-state index in [9.17, 15) is 14.7 Å². The van der Waals surface area contributed by atoms with Gasteiger partial charge < -0.3 is 5.11 Å². The molecule has 1 aliphatic heterocycles. The number of hydrogen-bond acceptors (Lipinski definition) is 3. The molecule has 0 aliphatic carbocycles. The van der Waals surface area contributed by atoms with Crippen LogP contribution < -0.4 is 0 Å². The SMILES string of the molecule is Cc1ccc2c(c1)C(=O)N(C(C)(C)C(C)O)C2=O. The van der Waals surface area contributed by atoms with Gasteiger partial charge in [-0.3, -0.25) is 14.5 Å². The lowest BCUT2D eigenvalue weighted by Crippen LogP contribution is -2.54. The summed E-state index contributed by atoms with van der Waals surface area (Å²) < 4.78 is 0. The summed E-state index contributed by atoms with van der Waals surface area (Å²) in [6.07, 6.45) is -0.791. The van der Waals surface area contributed by atoms with E-state index in [-0.39, 0.29) is 11.8 Å². The summed E-state index contributed by atoms with van der Waals surface area (Å²) in [5.41, 5.74) is 0.862. The van der Waals surface area contributed by atoms with Gasteiger partial charge in [0, 0.05) is 0 Å². The molecule has 0 bridgehead atoms. The summed E-state index contributed by atoms with van der Waals surface area (Å²) in [6, 6.07) is 5.19. The summed E-state index contributed by atoms with van der Waals surface area (Å²) in [6.45, 7) is 6.83. The number of hydrogen-bond donors (Lipinski definition) is 1. The Hall–Kier alpha value is -1.68. The molecular formula is C14H17NO3. The Morgan fingerprint density at radius 1 is 1.17 bits per heavy atom. The van der Waals surface area contributed by atoms with Crippen LogP contribution in [0.1, 0.15) is 47.1 Å². The molecule has 1 N–H and O–H groups in total. The van der Waals surface area contributed by atoms with Gasteiger partial charge in [0.15, 0.2) is 0 Å². The normalized spacial score (nSPS) is 17.1. The molecule has 2 rings (SSSR count). The Kier molecular flexibility index (Phi) is 2.78. The minimum Gasteiger partial charge on any atom is -0.391 e. The lowest BCUT2D eigenvalue weighted by atomic mass is 9.96. The second kappa shape index (κ2) is 3.92.